The largest absolute Gasteiger partial charge is 0.389 e. The molecule has 0 saturated carbocycles. The lowest BCUT2D eigenvalue weighted by Gasteiger charge is -2.12. The number of rotatable bonds is 5. The normalized spacial score (nSPS) is 12.0. The molecule has 1 aromatic carbocycles. The molecule has 0 radical (unpaired) electrons. The summed E-state index contributed by atoms with van der Waals surface area (Å²) in [6, 6.07) is 4.61. The lowest BCUT2D eigenvalue weighted by atomic mass is 10.3. The molecule has 3 N–H and O–H groups in total. The van der Waals surface area contributed by atoms with E-state index in [4.69, 9.17) is 16.3 Å². The Kier molecular flexibility index (Phi) is 6.42. The van der Waals surface area contributed by atoms with Crippen LogP contribution in [-0.2, 0) is 4.74 Å². The van der Waals surface area contributed by atoms with Gasteiger partial charge in [0.1, 0.15) is 0 Å². The van der Waals surface area contributed by atoms with Gasteiger partial charge in [0.15, 0.2) is 0 Å². The van der Waals surface area contributed by atoms with Crippen LogP contribution in [0, 0.1) is 0 Å². The highest BCUT2D eigenvalue weighted by Crippen LogP contribution is 2.25. The summed E-state index contributed by atoms with van der Waals surface area (Å²) < 4.78 is 5.43. The summed E-state index contributed by atoms with van der Waals surface area (Å²) in [5.74, 6) is 0. The number of aliphatic hydroxyl groups is 1. The molecule has 0 aliphatic heterocycles. The fourth-order valence-corrected chi connectivity index (χ4v) is 2.00. The molecule has 0 spiro atoms. The number of hydrogen-bond acceptors (Lipinski definition) is 3. The number of ether oxygens (including phenoxy) is 1. The van der Waals surface area contributed by atoms with Crippen LogP contribution in [0.3, 0.4) is 0 Å². The van der Waals surface area contributed by atoms with E-state index in [1.165, 1.54) is 7.11 Å². The topological polar surface area (TPSA) is 70.6 Å². The summed E-state index contributed by atoms with van der Waals surface area (Å²) in [7, 11) is 1.48. The molecular formula is C11H14BrClN2O3. The number of aliphatic hydroxyl groups excluding tert-OH is 1. The van der Waals surface area contributed by atoms with Gasteiger partial charge in [-0.25, -0.2) is 4.79 Å². The lowest BCUT2D eigenvalue weighted by Crippen LogP contribution is -2.37. The average Bonchev–Trinajstić information content (AvgIpc) is 2.31. The van der Waals surface area contributed by atoms with Gasteiger partial charge in [-0.15, -0.1) is 0 Å². The van der Waals surface area contributed by atoms with Gasteiger partial charge in [-0.1, -0.05) is 11.6 Å². The quantitative estimate of drug-likeness (QED) is 0.771. The number of anilines is 1. The Morgan fingerprint density at radius 2 is 2.33 bits per heavy atom. The molecule has 2 amide bonds. The Bertz CT molecular complexity index is 417. The van der Waals surface area contributed by atoms with Gasteiger partial charge in [0, 0.05) is 23.1 Å². The van der Waals surface area contributed by atoms with E-state index in [-0.39, 0.29) is 13.2 Å². The van der Waals surface area contributed by atoms with Crippen molar-refractivity contribution in [3.8, 4) is 0 Å². The highest BCUT2D eigenvalue weighted by Gasteiger charge is 2.08. The SMILES string of the molecule is COCC(O)CNC(=O)Nc1ccc(Cl)cc1Br. The van der Waals surface area contributed by atoms with Gasteiger partial charge >= 0.3 is 6.03 Å². The molecule has 0 aromatic heterocycles. The first-order valence-corrected chi connectivity index (χ1v) is 6.37. The highest BCUT2D eigenvalue weighted by atomic mass is 79.9. The van der Waals surface area contributed by atoms with E-state index in [0.717, 1.165) is 0 Å². The zero-order valence-corrected chi connectivity index (χ0v) is 12.1. The third-order valence-electron chi connectivity index (χ3n) is 2.04. The first kappa shape index (κ1) is 15.2. The van der Waals surface area contributed by atoms with Gasteiger partial charge in [-0.05, 0) is 34.1 Å². The van der Waals surface area contributed by atoms with Crippen LogP contribution >= 0.6 is 27.5 Å². The van der Waals surface area contributed by atoms with E-state index >= 15 is 0 Å². The predicted octanol–water partition coefficient (Wildman–Crippen LogP) is 2.23. The molecule has 0 heterocycles. The number of amides is 2. The van der Waals surface area contributed by atoms with E-state index in [0.29, 0.717) is 15.2 Å². The zero-order valence-electron chi connectivity index (χ0n) is 9.74. The fourth-order valence-electron chi connectivity index (χ4n) is 1.22. The fraction of sp³-hybridized carbons (Fsp3) is 0.364. The first-order valence-electron chi connectivity index (χ1n) is 5.20. The number of urea groups is 1. The lowest BCUT2D eigenvalue weighted by molar-refractivity contribution is 0.0663. The molecule has 100 valence electrons. The maximum absolute atomic E-state index is 11.5. The molecule has 0 aliphatic rings. The standard InChI is InChI=1S/C11H14BrClN2O3/c1-18-6-8(16)5-14-11(17)15-10-3-2-7(13)4-9(10)12/h2-4,8,16H,5-6H2,1H3,(H2,14,15,17). The number of halogens is 2. The summed E-state index contributed by atoms with van der Waals surface area (Å²) in [5, 5.41) is 15.1. The molecule has 5 nitrogen and oxygen atoms in total. The Hall–Kier alpha value is -0.820. The number of hydrogen-bond donors (Lipinski definition) is 3. The van der Waals surface area contributed by atoms with Crippen molar-refractivity contribution in [3.05, 3.63) is 27.7 Å². The minimum Gasteiger partial charge on any atom is -0.389 e. The smallest absolute Gasteiger partial charge is 0.319 e. The summed E-state index contributed by atoms with van der Waals surface area (Å²) in [5.41, 5.74) is 0.595. The minimum absolute atomic E-state index is 0.116. The summed E-state index contributed by atoms with van der Waals surface area (Å²) >= 11 is 9.07. The van der Waals surface area contributed by atoms with E-state index in [9.17, 15) is 9.90 Å². The Balaban J connectivity index is 2.44. The van der Waals surface area contributed by atoms with Crippen molar-refractivity contribution in [2.45, 2.75) is 6.10 Å². The third-order valence-corrected chi connectivity index (χ3v) is 2.93. The highest BCUT2D eigenvalue weighted by molar-refractivity contribution is 9.10. The van der Waals surface area contributed by atoms with Crippen LogP contribution in [0.15, 0.2) is 22.7 Å². The number of carbonyl (C=O) groups is 1. The Morgan fingerprint density at radius 3 is 2.94 bits per heavy atom. The number of nitrogens with one attached hydrogen (secondary N) is 2. The maximum Gasteiger partial charge on any atom is 0.319 e. The second kappa shape index (κ2) is 7.58. The van der Waals surface area contributed by atoms with Crippen molar-refractivity contribution < 1.29 is 14.6 Å². The van der Waals surface area contributed by atoms with Crippen LogP contribution in [0.1, 0.15) is 0 Å². The van der Waals surface area contributed by atoms with E-state index in [2.05, 4.69) is 26.6 Å². The van der Waals surface area contributed by atoms with Crippen molar-refractivity contribution in [2.24, 2.45) is 0 Å². The van der Waals surface area contributed by atoms with Crippen LogP contribution in [0.5, 0.6) is 0 Å². The summed E-state index contributed by atoms with van der Waals surface area (Å²) in [4.78, 5) is 11.5. The maximum atomic E-state index is 11.5. The van der Waals surface area contributed by atoms with Crippen LogP contribution in [0.4, 0.5) is 10.5 Å². The molecule has 1 rings (SSSR count). The molecule has 18 heavy (non-hydrogen) atoms. The van der Waals surface area contributed by atoms with Gasteiger partial charge in [0.05, 0.1) is 18.4 Å². The van der Waals surface area contributed by atoms with E-state index in [1.807, 2.05) is 0 Å². The predicted molar refractivity (Wildman–Crippen MR) is 74.1 cm³/mol. The number of methoxy groups -OCH3 is 1. The molecule has 7 heteroatoms. The third kappa shape index (κ3) is 5.22. The Morgan fingerprint density at radius 1 is 1.61 bits per heavy atom. The molecular weight excluding hydrogens is 323 g/mol. The molecule has 0 fully saturated rings. The molecule has 1 atom stereocenters. The summed E-state index contributed by atoms with van der Waals surface area (Å²) in [6.07, 6.45) is -0.727. The molecule has 0 bridgehead atoms. The van der Waals surface area contributed by atoms with Crippen LogP contribution in [0.25, 0.3) is 0 Å². The van der Waals surface area contributed by atoms with Gasteiger partial charge < -0.3 is 20.5 Å². The van der Waals surface area contributed by atoms with Crippen LogP contribution in [0.2, 0.25) is 5.02 Å². The van der Waals surface area contributed by atoms with E-state index in [1.54, 1.807) is 18.2 Å². The zero-order chi connectivity index (χ0) is 13.5. The van der Waals surface area contributed by atoms with Crippen LogP contribution < -0.4 is 10.6 Å². The van der Waals surface area contributed by atoms with Crippen molar-refractivity contribution in [2.75, 3.05) is 25.6 Å². The van der Waals surface area contributed by atoms with Gasteiger partial charge in [-0.3, -0.25) is 0 Å². The number of carbonyl (C=O) groups excluding carboxylic acids is 1. The van der Waals surface area contributed by atoms with E-state index < -0.39 is 12.1 Å². The molecule has 0 saturated heterocycles. The van der Waals surface area contributed by atoms with Gasteiger partial charge in [0.25, 0.3) is 0 Å². The second-order valence-corrected chi connectivity index (χ2v) is 4.86. The van der Waals surface area contributed by atoms with Gasteiger partial charge in [-0.2, -0.15) is 0 Å². The molecule has 1 aromatic rings. The van der Waals surface area contributed by atoms with Crippen molar-refractivity contribution in [1.29, 1.82) is 0 Å². The molecule has 0 aliphatic carbocycles. The van der Waals surface area contributed by atoms with Crippen molar-refractivity contribution in [1.82, 2.24) is 5.32 Å². The average molecular weight is 338 g/mol. The second-order valence-electron chi connectivity index (χ2n) is 3.57. The number of benzene rings is 1. The summed E-state index contributed by atoms with van der Waals surface area (Å²) in [6.45, 7) is 0.288. The van der Waals surface area contributed by atoms with Crippen molar-refractivity contribution >= 4 is 39.2 Å². The first-order chi connectivity index (χ1) is 8.52. The minimum atomic E-state index is -0.727. The van der Waals surface area contributed by atoms with Crippen molar-refractivity contribution in [3.63, 3.8) is 0 Å². The Labute approximate surface area is 119 Å². The van der Waals surface area contributed by atoms with Crippen LogP contribution in [-0.4, -0.2) is 37.5 Å². The van der Waals surface area contributed by atoms with Gasteiger partial charge in [0.2, 0.25) is 0 Å². The monoisotopic (exact) mass is 336 g/mol. The molecule has 1 unspecified atom stereocenters.